The monoisotopic (exact) mass is 472 g/mol. The number of anilines is 1. The van der Waals surface area contributed by atoms with E-state index in [-0.39, 0.29) is 30.9 Å². The molecule has 6 nitrogen and oxygen atoms in total. The zero-order valence-corrected chi connectivity index (χ0v) is 18.3. The van der Waals surface area contributed by atoms with Gasteiger partial charge in [-0.1, -0.05) is 30.3 Å². The van der Waals surface area contributed by atoms with Gasteiger partial charge in [-0.15, -0.1) is 11.3 Å². The third-order valence-electron chi connectivity index (χ3n) is 5.07. The average molecular weight is 472 g/mol. The number of amides is 1. The Labute approximate surface area is 190 Å². The van der Waals surface area contributed by atoms with Gasteiger partial charge in [0.1, 0.15) is 0 Å². The summed E-state index contributed by atoms with van der Waals surface area (Å²) in [6, 6.07) is 10.5. The first-order valence-corrected chi connectivity index (χ1v) is 10.9. The van der Waals surface area contributed by atoms with Crippen molar-refractivity contribution in [3.63, 3.8) is 0 Å². The second-order valence-electron chi connectivity index (χ2n) is 7.52. The van der Waals surface area contributed by atoms with Crippen molar-refractivity contribution >= 4 is 33.3 Å². The quantitative estimate of drug-likeness (QED) is 0.437. The summed E-state index contributed by atoms with van der Waals surface area (Å²) in [4.78, 5) is 34.1. The zero-order valence-electron chi connectivity index (χ0n) is 17.5. The lowest BCUT2D eigenvalue weighted by Crippen LogP contribution is -2.23. The van der Waals surface area contributed by atoms with Crippen LogP contribution in [0, 0.1) is 6.92 Å². The van der Waals surface area contributed by atoms with Gasteiger partial charge in [0, 0.05) is 30.5 Å². The number of rotatable bonds is 6. The summed E-state index contributed by atoms with van der Waals surface area (Å²) in [5.41, 5.74) is 1.13. The van der Waals surface area contributed by atoms with Crippen molar-refractivity contribution < 1.29 is 18.0 Å². The number of carbonyl (C=O) groups excluding carboxylic acids is 1. The molecule has 2 aromatic heterocycles. The number of aryl methyl sites for hydroxylation is 2. The first-order chi connectivity index (χ1) is 15.7. The van der Waals surface area contributed by atoms with Gasteiger partial charge in [-0.2, -0.15) is 13.2 Å². The Morgan fingerprint density at radius 1 is 1.15 bits per heavy atom. The van der Waals surface area contributed by atoms with E-state index in [1.165, 1.54) is 34.5 Å². The molecule has 0 saturated heterocycles. The van der Waals surface area contributed by atoms with Gasteiger partial charge in [0.05, 0.1) is 22.8 Å². The van der Waals surface area contributed by atoms with Crippen LogP contribution in [0.25, 0.3) is 10.9 Å². The lowest BCUT2D eigenvalue weighted by Gasteiger charge is -2.08. The van der Waals surface area contributed by atoms with Crippen molar-refractivity contribution in [2.45, 2.75) is 32.5 Å². The van der Waals surface area contributed by atoms with Crippen molar-refractivity contribution in [3.05, 3.63) is 86.9 Å². The van der Waals surface area contributed by atoms with Crippen LogP contribution in [-0.4, -0.2) is 20.4 Å². The standard InChI is InChI=1S/C23H19F3N4O2S/c1-14-4-2-7-18-20(14)28-13-30(21(18)32)9-8-19(31)29-22-27-12-17(33-22)11-15-5-3-6-16(10-15)23(24,25)26/h2-7,10,12-13H,8-9,11H2,1H3,(H,27,29,31). The van der Waals surface area contributed by atoms with Crippen LogP contribution in [0.3, 0.4) is 0 Å². The van der Waals surface area contributed by atoms with Gasteiger partial charge in [0.25, 0.3) is 5.56 Å². The number of carbonyl (C=O) groups is 1. The Hall–Kier alpha value is -3.53. The molecule has 0 bridgehead atoms. The number of halogens is 3. The highest BCUT2D eigenvalue weighted by Gasteiger charge is 2.30. The molecule has 10 heteroatoms. The number of hydrogen-bond acceptors (Lipinski definition) is 5. The largest absolute Gasteiger partial charge is 0.416 e. The Bertz CT molecular complexity index is 1380. The summed E-state index contributed by atoms with van der Waals surface area (Å²) >= 11 is 1.19. The summed E-state index contributed by atoms with van der Waals surface area (Å²) in [5.74, 6) is -0.328. The van der Waals surface area contributed by atoms with Crippen molar-refractivity contribution in [1.82, 2.24) is 14.5 Å². The molecule has 2 heterocycles. The minimum absolute atomic E-state index is 0.0431. The van der Waals surface area contributed by atoms with Crippen LogP contribution in [0.2, 0.25) is 0 Å². The van der Waals surface area contributed by atoms with Crippen molar-refractivity contribution in [1.29, 1.82) is 0 Å². The molecule has 1 amide bonds. The van der Waals surface area contributed by atoms with Gasteiger partial charge in [-0.3, -0.25) is 14.2 Å². The minimum Gasteiger partial charge on any atom is -0.302 e. The van der Waals surface area contributed by atoms with Crippen LogP contribution in [-0.2, 0) is 23.9 Å². The first kappa shape index (κ1) is 22.7. The second-order valence-corrected chi connectivity index (χ2v) is 8.63. The molecule has 33 heavy (non-hydrogen) atoms. The smallest absolute Gasteiger partial charge is 0.302 e. The number of hydrogen-bond donors (Lipinski definition) is 1. The predicted molar refractivity (Wildman–Crippen MR) is 120 cm³/mol. The van der Waals surface area contributed by atoms with E-state index in [2.05, 4.69) is 15.3 Å². The van der Waals surface area contributed by atoms with Crippen LogP contribution in [0.1, 0.15) is 28.0 Å². The number of fused-ring (bicyclic) bond motifs is 1. The maximum Gasteiger partial charge on any atom is 0.416 e. The number of thiazole rings is 1. The Morgan fingerprint density at radius 3 is 2.73 bits per heavy atom. The van der Waals surface area contributed by atoms with Crippen LogP contribution in [0.15, 0.2) is 59.8 Å². The Morgan fingerprint density at radius 2 is 1.94 bits per heavy atom. The van der Waals surface area contributed by atoms with E-state index in [4.69, 9.17) is 0 Å². The molecule has 0 aliphatic carbocycles. The zero-order chi connectivity index (χ0) is 23.6. The van der Waals surface area contributed by atoms with Crippen molar-refractivity contribution in [2.24, 2.45) is 0 Å². The Kier molecular flexibility index (Phi) is 6.28. The summed E-state index contributed by atoms with van der Waals surface area (Å²) < 4.78 is 40.1. The molecule has 0 aliphatic rings. The molecular formula is C23H19F3N4O2S. The highest BCUT2D eigenvalue weighted by atomic mass is 32.1. The molecule has 4 rings (SSSR count). The van der Waals surface area contributed by atoms with E-state index in [1.54, 1.807) is 18.2 Å². The number of benzene rings is 2. The van der Waals surface area contributed by atoms with Crippen LogP contribution in [0.4, 0.5) is 18.3 Å². The fourth-order valence-corrected chi connectivity index (χ4v) is 4.27. The molecule has 2 aromatic carbocycles. The number of aromatic nitrogens is 3. The third-order valence-corrected chi connectivity index (χ3v) is 5.98. The highest BCUT2D eigenvalue weighted by molar-refractivity contribution is 7.15. The van der Waals surface area contributed by atoms with Gasteiger partial charge >= 0.3 is 6.18 Å². The molecule has 170 valence electrons. The highest BCUT2D eigenvalue weighted by Crippen LogP contribution is 2.30. The maximum atomic E-state index is 12.9. The molecule has 0 atom stereocenters. The molecule has 0 radical (unpaired) electrons. The number of nitrogens with zero attached hydrogens (tertiary/aromatic N) is 3. The molecule has 4 aromatic rings. The molecule has 0 saturated carbocycles. The number of alkyl halides is 3. The lowest BCUT2D eigenvalue weighted by molar-refractivity contribution is -0.137. The summed E-state index contributed by atoms with van der Waals surface area (Å²) in [7, 11) is 0. The molecule has 0 unspecified atom stereocenters. The van der Waals surface area contributed by atoms with Gasteiger partial charge < -0.3 is 5.32 Å². The van der Waals surface area contributed by atoms with E-state index in [9.17, 15) is 22.8 Å². The normalized spacial score (nSPS) is 11.6. The van der Waals surface area contributed by atoms with Gasteiger partial charge in [-0.05, 0) is 30.2 Å². The van der Waals surface area contributed by atoms with Gasteiger partial charge in [0.15, 0.2) is 5.13 Å². The van der Waals surface area contributed by atoms with E-state index in [0.29, 0.717) is 21.6 Å². The third kappa shape index (κ3) is 5.28. The van der Waals surface area contributed by atoms with Crippen molar-refractivity contribution in [3.8, 4) is 0 Å². The summed E-state index contributed by atoms with van der Waals surface area (Å²) in [6.45, 7) is 2.03. The Balaban J connectivity index is 1.37. The molecular weight excluding hydrogens is 453 g/mol. The summed E-state index contributed by atoms with van der Waals surface area (Å²) in [5, 5.41) is 3.52. The maximum absolute atomic E-state index is 12.9. The van der Waals surface area contributed by atoms with E-state index >= 15 is 0 Å². The summed E-state index contributed by atoms with van der Waals surface area (Å²) in [6.07, 6.45) is -1.12. The first-order valence-electron chi connectivity index (χ1n) is 10.1. The van der Waals surface area contributed by atoms with Crippen molar-refractivity contribution in [2.75, 3.05) is 5.32 Å². The van der Waals surface area contributed by atoms with Crippen LogP contribution < -0.4 is 10.9 Å². The van der Waals surface area contributed by atoms with E-state index < -0.39 is 11.7 Å². The fraction of sp³-hybridized carbons (Fsp3) is 0.217. The molecule has 0 spiro atoms. The SMILES string of the molecule is Cc1cccc2c(=O)n(CCC(=O)Nc3ncc(Cc4cccc(C(F)(F)F)c4)s3)cnc12. The number of nitrogens with one attached hydrogen (secondary N) is 1. The van der Waals surface area contributed by atoms with E-state index in [1.807, 2.05) is 13.0 Å². The molecule has 0 fully saturated rings. The topological polar surface area (TPSA) is 76.9 Å². The average Bonchev–Trinajstić information content (AvgIpc) is 3.20. The fourth-order valence-electron chi connectivity index (χ4n) is 3.41. The second kappa shape index (κ2) is 9.14. The van der Waals surface area contributed by atoms with Gasteiger partial charge in [-0.25, -0.2) is 9.97 Å². The minimum atomic E-state index is -4.40. The predicted octanol–water partition coefficient (Wildman–Crippen LogP) is 4.80. The number of para-hydroxylation sites is 1. The van der Waals surface area contributed by atoms with Gasteiger partial charge in [0.2, 0.25) is 5.91 Å². The lowest BCUT2D eigenvalue weighted by atomic mass is 10.1. The molecule has 0 aliphatic heterocycles. The molecule has 1 N–H and O–H groups in total. The van der Waals surface area contributed by atoms with Crippen LogP contribution >= 0.6 is 11.3 Å². The van der Waals surface area contributed by atoms with E-state index in [0.717, 1.165) is 22.6 Å². The van der Waals surface area contributed by atoms with Crippen LogP contribution in [0.5, 0.6) is 0 Å².